The van der Waals surface area contributed by atoms with Crippen LogP contribution in [-0.2, 0) is 9.53 Å². The zero-order valence-corrected chi connectivity index (χ0v) is 11.3. The summed E-state index contributed by atoms with van der Waals surface area (Å²) in [6, 6.07) is 0. The van der Waals surface area contributed by atoms with Gasteiger partial charge in [0.25, 0.3) is 0 Å². The van der Waals surface area contributed by atoms with E-state index in [1.807, 2.05) is 19.9 Å². The Morgan fingerprint density at radius 2 is 2.16 bits per heavy atom. The van der Waals surface area contributed by atoms with Crippen molar-refractivity contribution in [3.05, 3.63) is 23.8 Å². The molecule has 0 spiro atoms. The highest BCUT2D eigenvalue weighted by atomic mass is 16.6. The summed E-state index contributed by atoms with van der Waals surface area (Å²) in [7, 11) is 0. The Kier molecular flexibility index (Phi) is 2.67. The molecular formula is C15H20O4. The molecule has 0 unspecified atom stereocenters. The molecule has 2 N–H and O–H groups in total. The van der Waals surface area contributed by atoms with E-state index in [1.54, 1.807) is 0 Å². The number of hydrogen-bond acceptors (Lipinski definition) is 4. The summed E-state index contributed by atoms with van der Waals surface area (Å²) in [5.74, 6) is -0.779. The number of aliphatic hydroxyl groups excluding tert-OH is 2. The Hall–Kier alpha value is -1.13. The molecule has 1 saturated carbocycles. The van der Waals surface area contributed by atoms with E-state index in [2.05, 4.69) is 6.58 Å². The van der Waals surface area contributed by atoms with Gasteiger partial charge in [0.2, 0.25) is 0 Å². The number of aliphatic hydroxyl groups is 2. The number of hydrogen-bond donors (Lipinski definition) is 2. The number of fused-ring (bicyclic) bond motifs is 3. The predicted octanol–water partition coefficient (Wildman–Crippen LogP) is 1.18. The lowest BCUT2D eigenvalue weighted by atomic mass is 9.54. The van der Waals surface area contributed by atoms with E-state index in [1.165, 1.54) is 0 Å². The van der Waals surface area contributed by atoms with Crippen molar-refractivity contribution >= 4 is 5.97 Å². The number of rotatable bonds is 0. The number of ether oxygens (including phenoxy) is 1. The second kappa shape index (κ2) is 3.93. The molecule has 1 heterocycles. The first-order valence-corrected chi connectivity index (χ1v) is 6.79. The zero-order chi connectivity index (χ0) is 13.9. The number of carbonyl (C=O) groups is 1. The maximum Gasteiger partial charge on any atom is 0.334 e. The Labute approximate surface area is 112 Å². The highest BCUT2D eigenvalue weighted by molar-refractivity contribution is 5.91. The highest BCUT2D eigenvalue weighted by Crippen LogP contribution is 2.56. The largest absolute Gasteiger partial charge is 0.458 e. The van der Waals surface area contributed by atoms with Crippen molar-refractivity contribution < 1.29 is 19.7 Å². The first-order chi connectivity index (χ1) is 8.86. The first-order valence-electron chi connectivity index (χ1n) is 6.79. The minimum atomic E-state index is -0.675. The molecule has 4 heteroatoms. The van der Waals surface area contributed by atoms with Crippen LogP contribution in [0.15, 0.2) is 23.8 Å². The van der Waals surface area contributed by atoms with Crippen LogP contribution < -0.4 is 0 Å². The minimum Gasteiger partial charge on any atom is -0.458 e. The standard InChI is InChI=1S/C15H20O4/c1-7-4-5-10(17)15(3)6-9(16)11-8(2)14(18)19-13(11)12(7)15/h4,9-13,16-17H,2,5-6H2,1,3H3/t9-,10+,11-,12+,13-,15-/m0/s1. The molecule has 104 valence electrons. The fourth-order valence-electron chi connectivity index (χ4n) is 4.23. The van der Waals surface area contributed by atoms with Crippen LogP contribution in [-0.4, -0.2) is 34.5 Å². The second-order valence-electron chi connectivity index (χ2n) is 6.38. The Morgan fingerprint density at radius 3 is 2.84 bits per heavy atom. The highest BCUT2D eigenvalue weighted by Gasteiger charge is 2.60. The average molecular weight is 264 g/mol. The van der Waals surface area contributed by atoms with Gasteiger partial charge in [-0.25, -0.2) is 4.79 Å². The van der Waals surface area contributed by atoms with E-state index in [-0.39, 0.29) is 17.9 Å². The molecule has 0 aromatic rings. The van der Waals surface area contributed by atoms with Gasteiger partial charge in [-0.3, -0.25) is 0 Å². The van der Waals surface area contributed by atoms with Gasteiger partial charge in [-0.15, -0.1) is 0 Å². The van der Waals surface area contributed by atoms with Crippen molar-refractivity contribution in [2.75, 3.05) is 0 Å². The topological polar surface area (TPSA) is 66.8 Å². The van der Waals surface area contributed by atoms with Crippen molar-refractivity contribution in [2.45, 2.75) is 45.0 Å². The van der Waals surface area contributed by atoms with E-state index < -0.39 is 23.6 Å². The van der Waals surface area contributed by atoms with Crippen LogP contribution in [0.25, 0.3) is 0 Å². The van der Waals surface area contributed by atoms with Gasteiger partial charge in [-0.05, 0) is 19.8 Å². The molecular weight excluding hydrogens is 244 g/mol. The van der Waals surface area contributed by atoms with E-state index >= 15 is 0 Å². The van der Waals surface area contributed by atoms with Gasteiger partial charge in [-0.1, -0.05) is 25.2 Å². The van der Waals surface area contributed by atoms with Crippen LogP contribution >= 0.6 is 0 Å². The van der Waals surface area contributed by atoms with Gasteiger partial charge in [0.1, 0.15) is 6.10 Å². The van der Waals surface area contributed by atoms with E-state index in [9.17, 15) is 15.0 Å². The summed E-state index contributed by atoms with van der Waals surface area (Å²) in [4.78, 5) is 11.7. The molecule has 0 bridgehead atoms. The van der Waals surface area contributed by atoms with Gasteiger partial charge in [0.15, 0.2) is 0 Å². The second-order valence-corrected chi connectivity index (χ2v) is 6.38. The minimum absolute atomic E-state index is 0.0344. The molecule has 2 aliphatic carbocycles. The normalized spacial score (nSPS) is 49.3. The summed E-state index contributed by atoms with van der Waals surface area (Å²) in [6.45, 7) is 7.75. The molecule has 2 fully saturated rings. The fourth-order valence-corrected chi connectivity index (χ4v) is 4.23. The van der Waals surface area contributed by atoms with Gasteiger partial charge < -0.3 is 14.9 Å². The maximum absolute atomic E-state index is 11.7. The predicted molar refractivity (Wildman–Crippen MR) is 69.1 cm³/mol. The molecule has 1 saturated heterocycles. The van der Waals surface area contributed by atoms with Gasteiger partial charge >= 0.3 is 5.97 Å². The quantitative estimate of drug-likeness (QED) is 0.392. The SMILES string of the molecule is C=C1C(=O)O[C@H]2[C@@H]1[C@@H](O)C[C@@]1(C)[C@H](O)CC=C(C)[C@H]21. The third-order valence-electron chi connectivity index (χ3n) is 5.28. The van der Waals surface area contributed by atoms with Crippen molar-refractivity contribution in [1.82, 2.24) is 0 Å². The van der Waals surface area contributed by atoms with Crippen LogP contribution in [0.4, 0.5) is 0 Å². The molecule has 0 radical (unpaired) electrons. The summed E-state index contributed by atoms with van der Waals surface area (Å²) < 4.78 is 5.45. The number of carbonyl (C=O) groups excluding carboxylic acids is 1. The third kappa shape index (κ3) is 1.56. The van der Waals surface area contributed by atoms with Crippen molar-refractivity contribution in [2.24, 2.45) is 17.3 Å². The Balaban J connectivity index is 2.08. The average Bonchev–Trinajstić information content (AvgIpc) is 2.61. The van der Waals surface area contributed by atoms with E-state index in [4.69, 9.17) is 4.74 Å². The van der Waals surface area contributed by atoms with Crippen LogP contribution in [0.2, 0.25) is 0 Å². The molecule has 0 amide bonds. The molecule has 0 aromatic heterocycles. The number of esters is 1. The fraction of sp³-hybridized carbons (Fsp3) is 0.667. The monoisotopic (exact) mass is 264 g/mol. The van der Waals surface area contributed by atoms with E-state index in [0.29, 0.717) is 18.4 Å². The molecule has 1 aliphatic heterocycles. The molecule has 6 atom stereocenters. The van der Waals surface area contributed by atoms with Crippen LogP contribution in [0.3, 0.4) is 0 Å². The third-order valence-corrected chi connectivity index (χ3v) is 5.28. The summed E-state index contributed by atoms with van der Waals surface area (Å²) >= 11 is 0. The lowest BCUT2D eigenvalue weighted by Crippen LogP contribution is -2.56. The molecule has 0 aromatic carbocycles. The van der Waals surface area contributed by atoms with Crippen LogP contribution in [0.1, 0.15) is 26.7 Å². The smallest absolute Gasteiger partial charge is 0.334 e. The lowest BCUT2D eigenvalue weighted by molar-refractivity contribution is -0.157. The van der Waals surface area contributed by atoms with Crippen LogP contribution in [0.5, 0.6) is 0 Å². The maximum atomic E-state index is 11.7. The van der Waals surface area contributed by atoms with Gasteiger partial charge in [0.05, 0.1) is 18.1 Å². The van der Waals surface area contributed by atoms with Crippen molar-refractivity contribution in [3.8, 4) is 0 Å². The zero-order valence-electron chi connectivity index (χ0n) is 11.3. The molecule has 3 rings (SSSR count). The Morgan fingerprint density at radius 1 is 1.47 bits per heavy atom. The Bertz CT molecular complexity index is 481. The summed E-state index contributed by atoms with van der Waals surface area (Å²) in [5.41, 5.74) is 1.06. The lowest BCUT2D eigenvalue weighted by Gasteiger charge is -2.52. The van der Waals surface area contributed by atoms with Gasteiger partial charge in [-0.2, -0.15) is 0 Å². The van der Waals surface area contributed by atoms with Gasteiger partial charge in [0, 0.05) is 16.9 Å². The van der Waals surface area contributed by atoms with Crippen molar-refractivity contribution in [1.29, 1.82) is 0 Å². The van der Waals surface area contributed by atoms with Crippen LogP contribution in [0, 0.1) is 17.3 Å². The molecule has 19 heavy (non-hydrogen) atoms. The van der Waals surface area contributed by atoms with E-state index in [0.717, 1.165) is 5.57 Å². The first kappa shape index (κ1) is 12.9. The molecule has 3 aliphatic rings. The summed E-state index contributed by atoms with van der Waals surface area (Å²) in [6.07, 6.45) is 1.51. The molecule has 4 nitrogen and oxygen atoms in total. The van der Waals surface area contributed by atoms with Crippen molar-refractivity contribution in [3.63, 3.8) is 0 Å². The summed E-state index contributed by atoms with van der Waals surface area (Å²) in [5, 5.41) is 20.7.